The van der Waals surface area contributed by atoms with Crippen LogP contribution in [0.5, 0.6) is 0 Å². The molecule has 1 aromatic carbocycles. The molecule has 1 fully saturated rings. The van der Waals surface area contributed by atoms with Crippen molar-refractivity contribution in [3.05, 3.63) is 35.9 Å². The van der Waals surface area contributed by atoms with E-state index in [9.17, 15) is 13.2 Å². The minimum atomic E-state index is -3.16. The lowest BCUT2D eigenvalue weighted by Crippen LogP contribution is -2.46. The molecule has 110 valence electrons. The van der Waals surface area contributed by atoms with Crippen LogP contribution in [0.3, 0.4) is 0 Å². The summed E-state index contributed by atoms with van der Waals surface area (Å²) in [7, 11) is -3.16. The van der Waals surface area contributed by atoms with Gasteiger partial charge in [0.15, 0.2) is 0 Å². The Labute approximate surface area is 120 Å². The fraction of sp³-hybridized carbons (Fsp3) is 0.500. The number of likely N-dealkylation sites (tertiary alicyclic amines) is 1. The summed E-state index contributed by atoms with van der Waals surface area (Å²) in [5.74, 6) is 0.106. The maximum Gasteiger partial charge on any atom is 0.226 e. The van der Waals surface area contributed by atoms with Gasteiger partial charge in [-0.3, -0.25) is 4.79 Å². The highest BCUT2D eigenvalue weighted by molar-refractivity contribution is 7.88. The maximum atomic E-state index is 12.1. The van der Waals surface area contributed by atoms with Crippen molar-refractivity contribution in [1.29, 1.82) is 0 Å². The van der Waals surface area contributed by atoms with Crippen LogP contribution in [-0.4, -0.2) is 44.6 Å². The Hall–Kier alpha value is -1.40. The van der Waals surface area contributed by atoms with E-state index < -0.39 is 10.0 Å². The van der Waals surface area contributed by atoms with Crippen molar-refractivity contribution < 1.29 is 13.2 Å². The van der Waals surface area contributed by atoms with Gasteiger partial charge in [-0.2, -0.15) is 0 Å². The summed E-state index contributed by atoms with van der Waals surface area (Å²) in [4.78, 5) is 14.0. The molecule has 5 nitrogen and oxygen atoms in total. The average Bonchev–Trinajstić information content (AvgIpc) is 2.39. The normalized spacial score (nSPS) is 17.1. The van der Waals surface area contributed by atoms with Gasteiger partial charge >= 0.3 is 0 Å². The second-order valence-corrected chi connectivity index (χ2v) is 6.99. The monoisotopic (exact) mass is 296 g/mol. The Morgan fingerprint density at radius 1 is 1.25 bits per heavy atom. The van der Waals surface area contributed by atoms with E-state index in [0.29, 0.717) is 32.4 Å². The Morgan fingerprint density at radius 3 is 2.40 bits per heavy atom. The zero-order valence-electron chi connectivity index (χ0n) is 11.6. The number of carbonyl (C=O) groups excluding carboxylic acids is 1. The summed E-state index contributed by atoms with van der Waals surface area (Å²) >= 11 is 0. The van der Waals surface area contributed by atoms with Crippen LogP contribution in [0.15, 0.2) is 30.3 Å². The maximum absolute atomic E-state index is 12.1. The smallest absolute Gasteiger partial charge is 0.226 e. The van der Waals surface area contributed by atoms with Gasteiger partial charge in [-0.25, -0.2) is 13.1 Å². The van der Waals surface area contributed by atoms with E-state index in [1.807, 2.05) is 35.2 Å². The predicted octanol–water partition coefficient (Wildman–Crippen LogP) is 0.769. The number of nitrogens with one attached hydrogen (secondary N) is 1. The number of carbonyl (C=O) groups is 1. The van der Waals surface area contributed by atoms with Gasteiger partial charge in [0.25, 0.3) is 0 Å². The summed E-state index contributed by atoms with van der Waals surface area (Å²) in [5, 5.41) is 0. The number of amides is 1. The summed E-state index contributed by atoms with van der Waals surface area (Å²) in [5.41, 5.74) is 1.01. The van der Waals surface area contributed by atoms with E-state index in [1.54, 1.807) is 0 Å². The van der Waals surface area contributed by atoms with Crippen LogP contribution >= 0.6 is 0 Å². The second kappa shape index (κ2) is 6.37. The number of benzene rings is 1. The first-order valence-electron chi connectivity index (χ1n) is 6.73. The first-order chi connectivity index (χ1) is 9.44. The lowest BCUT2D eigenvalue weighted by Gasteiger charge is -2.32. The summed E-state index contributed by atoms with van der Waals surface area (Å²) in [6.45, 7) is 1.22. The van der Waals surface area contributed by atoms with E-state index >= 15 is 0 Å². The van der Waals surface area contributed by atoms with Gasteiger partial charge < -0.3 is 4.90 Å². The van der Waals surface area contributed by atoms with Gasteiger partial charge in [-0.05, 0) is 18.4 Å². The number of piperidine rings is 1. The molecule has 1 N–H and O–H groups in total. The highest BCUT2D eigenvalue weighted by atomic mass is 32.2. The van der Waals surface area contributed by atoms with Gasteiger partial charge in [0.2, 0.25) is 15.9 Å². The molecular weight excluding hydrogens is 276 g/mol. The molecule has 0 radical (unpaired) electrons. The van der Waals surface area contributed by atoms with Gasteiger partial charge in [0.1, 0.15) is 0 Å². The molecule has 1 heterocycles. The number of sulfonamides is 1. The number of hydrogen-bond acceptors (Lipinski definition) is 3. The molecule has 1 aliphatic heterocycles. The van der Waals surface area contributed by atoms with Crippen molar-refractivity contribution in [2.45, 2.75) is 25.3 Å². The molecule has 0 aromatic heterocycles. The van der Waals surface area contributed by atoms with Crippen molar-refractivity contribution >= 4 is 15.9 Å². The molecule has 2 rings (SSSR count). The van der Waals surface area contributed by atoms with Gasteiger partial charge in [0.05, 0.1) is 12.7 Å². The van der Waals surface area contributed by atoms with Crippen LogP contribution in [0, 0.1) is 0 Å². The Kier molecular flexibility index (Phi) is 4.77. The molecule has 0 atom stereocenters. The van der Waals surface area contributed by atoms with Crippen LogP contribution in [0.25, 0.3) is 0 Å². The molecular formula is C14H20N2O3S. The largest absolute Gasteiger partial charge is 0.342 e. The van der Waals surface area contributed by atoms with Crippen molar-refractivity contribution in [3.63, 3.8) is 0 Å². The first-order valence-corrected chi connectivity index (χ1v) is 8.62. The number of nitrogens with zero attached hydrogens (tertiary/aromatic N) is 1. The first kappa shape index (κ1) is 15.0. The number of rotatable bonds is 4. The number of hydrogen-bond donors (Lipinski definition) is 1. The molecule has 6 heteroatoms. The molecule has 0 bridgehead atoms. The lowest BCUT2D eigenvalue weighted by molar-refractivity contribution is -0.131. The van der Waals surface area contributed by atoms with Crippen molar-refractivity contribution in [2.75, 3.05) is 19.3 Å². The molecule has 0 saturated carbocycles. The van der Waals surface area contributed by atoms with Crippen LogP contribution < -0.4 is 4.72 Å². The minimum absolute atomic E-state index is 0.0502. The van der Waals surface area contributed by atoms with Crippen molar-refractivity contribution in [3.8, 4) is 0 Å². The molecule has 1 aromatic rings. The van der Waals surface area contributed by atoms with E-state index in [4.69, 9.17) is 0 Å². The van der Waals surface area contributed by atoms with Crippen molar-refractivity contribution in [1.82, 2.24) is 9.62 Å². The van der Waals surface area contributed by atoms with E-state index in [1.165, 1.54) is 6.26 Å². The Morgan fingerprint density at radius 2 is 1.85 bits per heavy atom. The molecule has 0 aliphatic carbocycles. The molecule has 1 amide bonds. The second-order valence-electron chi connectivity index (χ2n) is 5.21. The van der Waals surface area contributed by atoms with Crippen LogP contribution in [0.4, 0.5) is 0 Å². The molecule has 20 heavy (non-hydrogen) atoms. The van der Waals surface area contributed by atoms with Gasteiger partial charge in [0, 0.05) is 19.1 Å². The summed E-state index contributed by atoms with van der Waals surface area (Å²) < 4.78 is 24.9. The zero-order chi connectivity index (χ0) is 14.6. The predicted molar refractivity (Wildman–Crippen MR) is 77.7 cm³/mol. The van der Waals surface area contributed by atoms with E-state index in [0.717, 1.165) is 5.56 Å². The Balaban J connectivity index is 1.83. The molecule has 1 saturated heterocycles. The lowest BCUT2D eigenvalue weighted by atomic mass is 10.0. The average molecular weight is 296 g/mol. The molecule has 0 unspecified atom stereocenters. The summed E-state index contributed by atoms with van der Waals surface area (Å²) in [6, 6.07) is 9.60. The molecule has 0 spiro atoms. The Bertz CT molecular complexity index is 549. The van der Waals surface area contributed by atoms with Crippen LogP contribution in [-0.2, 0) is 21.2 Å². The van der Waals surface area contributed by atoms with Crippen LogP contribution in [0.2, 0.25) is 0 Å². The third-order valence-corrected chi connectivity index (χ3v) is 4.19. The summed E-state index contributed by atoms with van der Waals surface area (Å²) in [6.07, 6.45) is 2.92. The van der Waals surface area contributed by atoms with E-state index in [2.05, 4.69) is 4.72 Å². The van der Waals surface area contributed by atoms with Gasteiger partial charge in [-0.15, -0.1) is 0 Å². The SMILES string of the molecule is CS(=O)(=O)NC1CCN(C(=O)Cc2ccccc2)CC1. The van der Waals surface area contributed by atoms with Crippen molar-refractivity contribution in [2.24, 2.45) is 0 Å². The zero-order valence-corrected chi connectivity index (χ0v) is 12.4. The van der Waals surface area contributed by atoms with E-state index in [-0.39, 0.29) is 11.9 Å². The standard InChI is InChI=1S/C14H20N2O3S/c1-20(18,19)15-13-7-9-16(10-8-13)14(17)11-12-5-3-2-4-6-12/h2-6,13,15H,7-11H2,1H3. The topological polar surface area (TPSA) is 66.5 Å². The quantitative estimate of drug-likeness (QED) is 0.892. The van der Waals surface area contributed by atoms with Gasteiger partial charge in [-0.1, -0.05) is 30.3 Å². The molecule has 1 aliphatic rings. The third kappa shape index (κ3) is 4.61. The minimum Gasteiger partial charge on any atom is -0.342 e. The highest BCUT2D eigenvalue weighted by Crippen LogP contribution is 2.13. The van der Waals surface area contributed by atoms with Crippen LogP contribution in [0.1, 0.15) is 18.4 Å². The fourth-order valence-electron chi connectivity index (χ4n) is 2.43. The fourth-order valence-corrected chi connectivity index (χ4v) is 3.27. The highest BCUT2D eigenvalue weighted by Gasteiger charge is 2.24. The third-order valence-electron chi connectivity index (χ3n) is 3.43.